The molecule has 0 aromatic rings. The van der Waals surface area contributed by atoms with Gasteiger partial charge in [-0.2, -0.15) is 0 Å². The van der Waals surface area contributed by atoms with Gasteiger partial charge in [-0.3, -0.25) is 0 Å². The van der Waals surface area contributed by atoms with E-state index in [2.05, 4.69) is 13.8 Å². The number of epoxide rings is 1. The van der Waals surface area contributed by atoms with Crippen LogP contribution in [0.2, 0.25) is 0 Å². The van der Waals surface area contributed by atoms with E-state index < -0.39 is 0 Å². The van der Waals surface area contributed by atoms with Gasteiger partial charge in [0.2, 0.25) is 0 Å². The predicted octanol–water partition coefficient (Wildman–Crippen LogP) is 1.18. The van der Waals surface area contributed by atoms with Crippen molar-refractivity contribution in [3.63, 3.8) is 0 Å². The Morgan fingerprint density at radius 1 is 1.60 bits per heavy atom. The van der Waals surface area contributed by atoms with Gasteiger partial charge in [0.1, 0.15) is 0 Å². The Bertz CT molecular complexity index is 93.4. The van der Waals surface area contributed by atoms with Gasteiger partial charge in [0.25, 0.3) is 0 Å². The number of hydrogen-bond acceptors (Lipinski definition) is 2. The molecule has 10 heavy (non-hydrogen) atoms. The molecule has 0 amide bonds. The smallest absolute Gasteiger partial charge is 0.0834 e. The summed E-state index contributed by atoms with van der Waals surface area (Å²) in [6.45, 7) is 5.10. The Kier molecular flexibility index (Phi) is 2.69. The van der Waals surface area contributed by atoms with Gasteiger partial charge in [0, 0.05) is 6.42 Å². The Morgan fingerprint density at radius 3 is 2.60 bits per heavy atom. The molecule has 1 aliphatic rings. The molecular formula is C8H16O2. The van der Waals surface area contributed by atoms with Gasteiger partial charge in [-0.15, -0.1) is 0 Å². The minimum Gasteiger partial charge on any atom is -0.393 e. The summed E-state index contributed by atoms with van der Waals surface area (Å²) in [4.78, 5) is 0. The minimum atomic E-state index is -0.146. The normalized spacial score (nSPS) is 27.0. The number of ether oxygens (including phenoxy) is 1. The summed E-state index contributed by atoms with van der Waals surface area (Å²) in [5.74, 6) is 0.591. The quantitative estimate of drug-likeness (QED) is 0.601. The molecule has 0 aromatic carbocycles. The van der Waals surface area contributed by atoms with Gasteiger partial charge in [0.05, 0.1) is 18.8 Å². The molecule has 1 heterocycles. The number of aliphatic hydroxyl groups is 1. The summed E-state index contributed by atoms with van der Waals surface area (Å²) in [6, 6.07) is 0. The molecule has 0 bridgehead atoms. The molecule has 1 N–H and O–H groups in total. The number of hydrogen-bond donors (Lipinski definition) is 1. The molecule has 0 aromatic heterocycles. The Labute approximate surface area is 62.2 Å². The van der Waals surface area contributed by atoms with Crippen LogP contribution in [0.25, 0.3) is 0 Å². The van der Waals surface area contributed by atoms with Crippen molar-refractivity contribution in [1.29, 1.82) is 0 Å². The van der Waals surface area contributed by atoms with Crippen molar-refractivity contribution in [2.45, 2.75) is 38.9 Å². The SMILES string of the molecule is CC(C)C[C@H](O)C[C@@H]1CO1. The van der Waals surface area contributed by atoms with E-state index in [1.165, 1.54) is 0 Å². The second kappa shape index (κ2) is 3.35. The Morgan fingerprint density at radius 2 is 2.20 bits per heavy atom. The molecule has 0 saturated carbocycles. The maximum Gasteiger partial charge on any atom is 0.0834 e. The summed E-state index contributed by atoms with van der Waals surface area (Å²) >= 11 is 0. The zero-order chi connectivity index (χ0) is 7.56. The molecule has 2 heteroatoms. The van der Waals surface area contributed by atoms with E-state index in [1.807, 2.05) is 0 Å². The molecule has 1 saturated heterocycles. The molecule has 0 spiro atoms. The zero-order valence-electron chi connectivity index (χ0n) is 6.71. The van der Waals surface area contributed by atoms with Crippen LogP contribution in [0.3, 0.4) is 0 Å². The second-order valence-corrected chi connectivity index (χ2v) is 3.47. The number of aliphatic hydroxyl groups excluding tert-OH is 1. The zero-order valence-corrected chi connectivity index (χ0v) is 6.71. The van der Waals surface area contributed by atoms with Crippen molar-refractivity contribution in [3.05, 3.63) is 0 Å². The van der Waals surface area contributed by atoms with Crippen molar-refractivity contribution >= 4 is 0 Å². The first-order chi connectivity index (χ1) is 4.68. The average Bonchev–Trinajstić information content (AvgIpc) is 2.46. The fourth-order valence-electron chi connectivity index (χ4n) is 1.15. The van der Waals surface area contributed by atoms with Gasteiger partial charge in [-0.05, 0) is 12.3 Å². The first kappa shape index (κ1) is 8.02. The van der Waals surface area contributed by atoms with Crippen LogP contribution in [0.1, 0.15) is 26.7 Å². The van der Waals surface area contributed by atoms with Crippen molar-refractivity contribution < 1.29 is 9.84 Å². The average molecular weight is 144 g/mol. The first-order valence-electron chi connectivity index (χ1n) is 3.98. The third kappa shape index (κ3) is 3.18. The highest BCUT2D eigenvalue weighted by atomic mass is 16.6. The lowest BCUT2D eigenvalue weighted by atomic mass is 10.0. The Hall–Kier alpha value is -0.0800. The monoisotopic (exact) mass is 144 g/mol. The summed E-state index contributed by atoms with van der Waals surface area (Å²) in [5.41, 5.74) is 0. The van der Waals surface area contributed by atoms with Crippen LogP contribution >= 0.6 is 0 Å². The van der Waals surface area contributed by atoms with Crippen LogP contribution in [-0.2, 0) is 4.74 Å². The van der Waals surface area contributed by atoms with Gasteiger partial charge in [-0.1, -0.05) is 13.8 Å². The molecule has 2 nitrogen and oxygen atoms in total. The van der Waals surface area contributed by atoms with Crippen molar-refractivity contribution in [2.75, 3.05) is 6.61 Å². The van der Waals surface area contributed by atoms with Gasteiger partial charge in [-0.25, -0.2) is 0 Å². The van der Waals surface area contributed by atoms with E-state index in [1.54, 1.807) is 0 Å². The minimum absolute atomic E-state index is 0.146. The molecule has 0 aliphatic carbocycles. The summed E-state index contributed by atoms with van der Waals surface area (Å²) in [5, 5.41) is 9.35. The summed E-state index contributed by atoms with van der Waals surface area (Å²) < 4.78 is 5.00. The fraction of sp³-hybridized carbons (Fsp3) is 1.00. The maximum absolute atomic E-state index is 9.35. The van der Waals surface area contributed by atoms with Crippen molar-refractivity contribution in [3.8, 4) is 0 Å². The van der Waals surface area contributed by atoms with Gasteiger partial charge < -0.3 is 9.84 Å². The van der Waals surface area contributed by atoms with E-state index in [-0.39, 0.29) is 6.10 Å². The van der Waals surface area contributed by atoms with Crippen molar-refractivity contribution in [2.24, 2.45) is 5.92 Å². The van der Waals surface area contributed by atoms with Crippen LogP contribution in [0.4, 0.5) is 0 Å². The molecule has 60 valence electrons. The third-order valence-corrected chi connectivity index (χ3v) is 1.68. The topological polar surface area (TPSA) is 32.8 Å². The molecule has 1 aliphatic heterocycles. The fourth-order valence-corrected chi connectivity index (χ4v) is 1.15. The standard InChI is InChI=1S/C8H16O2/c1-6(2)3-7(9)4-8-5-10-8/h6-9H,3-5H2,1-2H3/t7-,8+/m0/s1. The van der Waals surface area contributed by atoms with E-state index in [0.29, 0.717) is 12.0 Å². The maximum atomic E-state index is 9.35. The molecule has 1 rings (SSSR count). The lowest BCUT2D eigenvalue weighted by molar-refractivity contribution is 0.129. The Balaban J connectivity index is 2.02. The molecule has 0 radical (unpaired) electrons. The first-order valence-corrected chi connectivity index (χ1v) is 3.98. The third-order valence-electron chi connectivity index (χ3n) is 1.68. The second-order valence-electron chi connectivity index (χ2n) is 3.47. The van der Waals surface area contributed by atoms with E-state index >= 15 is 0 Å². The molecular weight excluding hydrogens is 128 g/mol. The van der Waals surface area contributed by atoms with Gasteiger partial charge in [0.15, 0.2) is 0 Å². The predicted molar refractivity (Wildman–Crippen MR) is 39.8 cm³/mol. The highest BCUT2D eigenvalue weighted by Gasteiger charge is 2.25. The van der Waals surface area contributed by atoms with Crippen LogP contribution in [-0.4, -0.2) is 23.9 Å². The highest BCUT2D eigenvalue weighted by molar-refractivity contribution is 4.73. The lowest BCUT2D eigenvalue weighted by Crippen LogP contribution is -2.12. The molecule has 0 unspecified atom stereocenters. The van der Waals surface area contributed by atoms with Gasteiger partial charge >= 0.3 is 0 Å². The highest BCUT2D eigenvalue weighted by Crippen LogP contribution is 2.18. The lowest BCUT2D eigenvalue weighted by Gasteiger charge is -2.10. The van der Waals surface area contributed by atoms with Crippen LogP contribution in [0, 0.1) is 5.92 Å². The van der Waals surface area contributed by atoms with E-state index in [4.69, 9.17) is 4.74 Å². The van der Waals surface area contributed by atoms with Crippen LogP contribution in [0.5, 0.6) is 0 Å². The summed E-state index contributed by atoms with van der Waals surface area (Å²) in [7, 11) is 0. The van der Waals surface area contributed by atoms with Crippen LogP contribution in [0.15, 0.2) is 0 Å². The van der Waals surface area contributed by atoms with E-state index in [0.717, 1.165) is 19.4 Å². The summed E-state index contributed by atoms with van der Waals surface area (Å²) in [6.07, 6.45) is 1.96. The van der Waals surface area contributed by atoms with E-state index in [9.17, 15) is 5.11 Å². The molecule has 2 atom stereocenters. The molecule has 1 fully saturated rings. The number of rotatable bonds is 4. The largest absolute Gasteiger partial charge is 0.393 e. The van der Waals surface area contributed by atoms with Crippen molar-refractivity contribution in [1.82, 2.24) is 0 Å². The van der Waals surface area contributed by atoms with Crippen LogP contribution < -0.4 is 0 Å².